The number of nitrogens with one attached hydrogen (secondary N) is 1. The van der Waals surface area contributed by atoms with Crippen molar-refractivity contribution in [2.24, 2.45) is 10.2 Å². The summed E-state index contributed by atoms with van der Waals surface area (Å²) in [5, 5.41) is 29.0. The SMILES string of the molecule is COc1ccccc1Sc1cc(O)c(C=NN=C2NC(=O)C(CC(=O)O)S2)c(Cl)c1. The molecule has 1 unspecified atom stereocenters. The molecule has 8 nitrogen and oxygen atoms in total. The van der Waals surface area contributed by atoms with Crippen LogP contribution in [0.2, 0.25) is 5.02 Å². The Balaban J connectivity index is 1.73. The Hall–Kier alpha value is -2.69. The van der Waals surface area contributed by atoms with Crippen LogP contribution in [-0.4, -0.2) is 45.8 Å². The number of amidine groups is 1. The summed E-state index contributed by atoms with van der Waals surface area (Å²) in [6.07, 6.45) is 0.955. The molecule has 0 aromatic heterocycles. The van der Waals surface area contributed by atoms with Crippen molar-refractivity contribution in [1.82, 2.24) is 5.32 Å². The van der Waals surface area contributed by atoms with E-state index >= 15 is 0 Å². The number of carbonyl (C=O) groups excluding carboxylic acids is 1. The van der Waals surface area contributed by atoms with E-state index in [0.29, 0.717) is 10.6 Å². The minimum Gasteiger partial charge on any atom is -0.507 e. The van der Waals surface area contributed by atoms with Gasteiger partial charge in [-0.25, -0.2) is 0 Å². The Morgan fingerprint density at radius 2 is 2.17 bits per heavy atom. The summed E-state index contributed by atoms with van der Waals surface area (Å²) in [5.41, 5.74) is 0.266. The highest BCUT2D eigenvalue weighted by Crippen LogP contribution is 2.38. The molecule has 1 fully saturated rings. The van der Waals surface area contributed by atoms with E-state index in [-0.39, 0.29) is 27.9 Å². The fourth-order valence-electron chi connectivity index (χ4n) is 2.48. The number of aromatic hydroxyl groups is 1. The third-order valence-electron chi connectivity index (χ3n) is 3.85. The number of carbonyl (C=O) groups is 2. The average molecular weight is 466 g/mol. The second-order valence-corrected chi connectivity index (χ2v) is 8.65. The Labute approximate surface area is 185 Å². The van der Waals surface area contributed by atoms with Gasteiger partial charge < -0.3 is 20.3 Å². The number of methoxy groups -OCH3 is 1. The van der Waals surface area contributed by atoms with Crippen molar-refractivity contribution >= 4 is 58.4 Å². The van der Waals surface area contributed by atoms with Gasteiger partial charge in [0.1, 0.15) is 16.7 Å². The zero-order chi connectivity index (χ0) is 21.7. The molecular formula is C19H16ClN3O5S2. The number of nitrogens with zero attached hydrogens (tertiary/aromatic N) is 2. The summed E-state index contributed by atoms with van der Waals surface area (Å²) in [6.45, 7) is 0. The van der Waals surface area contributed by atoms with Gasteiger partial charge in [-0.05, 0) is 24.3 Å². The molecule has 1 aliphatic rings. The fourth-order valence-corrected chi connectivity index (χ4v) is 4.72. The van der Waals surface area contributed by atoms with E-state index in [1.165, 1.54) is 18.0 Å². The van der Waals surface area contributed by atoms with Gasteiger partial charge in [-0.2, -0.15) is 5.10 Å². The molecule has 0 bridgehead atoms. The predicted molar refractivity (Wildman–Crippen MR) is 117 cm³/mol. The number of amides is 1. The van der Waals surface area contributed by atoms with Gasteiger partial charge in [-0.1, -0.05) is 47.3 Å². The molecule has 3 rings (SSSR count). The van der Waals surface area contributed by atoms with E-state index < -0.39 is 17.1 Å². The summed E-state index contributed by atoms with van der Waals surface area (Å²) in [4.78, 5) is 24.0. The molecule has 3 N–H and O–H groups in total. The number of benzene rings is 2. The van der Waals surface area contributed by atoms with Crippen LogP contribution in [0, 0.1) is 0 Å². The van der Waals surface area contributed by atoms with Crippen LogP contribution < -0.4 is 10.1 Å². The summed E-state index contributed by atoms with van der Waals surface area (Å²) < 4.78 is 5.32. The van der Waals surface area contributed by atoms with Crippen LogP contribution in [0.25, 0.3) is 0 Å². The number of phenols is 1. The van der Waals surface area contributed by atoms with E-state index in [2.05, 4.69) is 15.5 Å². The van der Waals surface area contributed by atoms with Crippen LogP contribution in [-0.2, 0) is 9.59 Å². The number of phenolic OH excluding ortho intramolecular Hbond substituents is 1. The number of hydrogen-bond acceptors (Lipinski definition) is 8. The summed E-state index contributed by atoms with van der Waals surface area (Å²) in [5.74, 6) is -0.891. The molecule has 1 aliphatic heterocycles. The molecule has 11 heteroatoms. The molecule has 0 saturated carbocycles. The number of aliphatic carboxylic acids is 1. The largest absolute Gasteiger partial charge is 0.507 e. The van der Waals surface area contributed by atoms with Crippen LogP contribution in [0.5, 0.6) is 11.5 Å². The second-order valence-electron chi connectivity index (χ2n) is 5.93. The molecule has 1 heterocycles. The van der Waals surface area contributed by atoms with Crippen molar-refractivity contribution in [3.63, 3.8) is 0 Å². The Morgan fingerprint density at radius 3 is 2.87 bits per heavy atom. The van der Waals surface area contributed by atoms with Gasteiger partial charge >= 0.3 is 5.97 Å². The van der Waals surface area contributed by atoms with Gasteiger partial charge in [0.2, 0.25) is 5.91 Å². The van der Waals surface area contributed by atoms with Crippen molar-refractivity contribution in [2.45, 2.75) is 21.5 Å². The zero-order valence-corrected chi connectivity index (χ0v) is 17.9. The van der Waals surface area contributed by atoms with E-state index in [4.69, 9.17) is 21.4 Å². The maximum absolute atomic E-state index is 11.7. The van der Waals surface area contributed by atoms with E-state index in [1.807, 2.05) is 24.3 Å². The smallest absolute Gasteiger partial charge is 0.305 e. The number of halogens is 1. The number of para-hydroxylation sites is 1. The standard InChI is InChI=1S/C19H16ClN3O5S2/c1-28-14-4-2-3-5-15(14)29-10-6-12(20)11(13(24)7-10)9-21-23-19-22-18(27)16(30-19)8-17(25)26/h2-7,9,16,24H,8H2,1H3,(H,25,26)(H,22,23,27). The second kappa shape index (κ2) is 9.88. The monoisotopic (exact) mass is 465 g/mol. The zero-order valence-electron chi connectivity index (χ0n) is 15.5. The summed E-state index contributed by atoms with van der Waals surface area (Å²) in [6, 6.07) is 10.7. The van der Waals surface area contributed by atoms with Gasteiger partial charge in [-0.15, -0.1) is 5.10 Å². The van der Waals surface area contributed by atoms with Gasteiger partial charge in [0.15, 0.2) is 5.17 Å². The quantitative estimate of drug-likeness (QED) is 0.422. The number of carboxylic acid groups (broad SMARTS) is 1. The van der Waals surface area contributed by atoms with Crippen LogP contribution in [0.4, 0.5) is 0 Å². The van der Waals surface area contributed by atoms with Gasteiger partial charge in [0.25, 0.3) is 0 Å². The molecule has 1 amide bonds. The molecule has 2 aromatic rings. The summed E-state index contributed by atoms with van der Waals surface area (Å²) in [7, 11) is 1.58. The number of hydrogen-bond donors (Lipinski definition) is 3. The lowest BCUT2D eigenvalue weighted by atomic mass is 10.2. The fraction of sp³-hybridized carbons (Fsp3) is 0.158. The first kappa shape index (κ1) is 22.0. The third-order valence-corrected chi connectivity index (χ3v) is 6.26. The molecule has 1 atom stereocenters. The van der Waals surface area contributed by atoms with Gasteiger partial charge in [-0.3, -0.25) is 9.59 Å². The molecular weight excluding hydrogens is 450 g/mol. The van der Waals surface area contributed by atoms with Crippen molar-refractivity contribution in [3.05, 3.63) is 47.0 Å². The normalized spacial score (nSPS) is 17.5. The Bertz CT molecular complexity index is 1020. The van der Waals surface area contributed by atoms with Gasteiger partial charge in [0, 0.05) is 4.90 Å². The first-order chi connectivity index (χ1) is 14.4. The van der Waals surface area contributed by atoms with Crippen molar-refractivity contribution in [3.8, 4) is 11.5 Å². The van der Waals surface area contributed by atoms with E-state index in [1.54, 1.807) is 19.2 Å². The highest BCUT2D eigenvalue weighted by molar-refractivity contribution is 8.15. The molecule has 0 aliphatic carbocycles. The van der Waals surface area contributed by atoms with Crippen LogP contribution in [0.1, 0.15) is 12.0 Å². The van der Waals surface area contributed by atoms with Crippen LogP contribution >= 0.6 is 35.1 Å². The van der Waals surface area contributed by atoms with Gasteiger partial charge in [0.05, 0.1) is 35.2 Å². The summed E-state index contributed by atoms with van der Waals surface area (Å²) >= 11 is 8.66. The molecule has 2 aromatic carbocycles. The lowest BCUT2D eigenvalue weighted by Gasteiger charge is -2.09. The third kappa shape index (κ3) is 5.47. The lowest BCUT2D eigenvalue weighted by molar-refractivity contribution is -0.138. The van der Waals surface area contributed by atoms with Crippen LogP contribution in [0.15, 0.2) is 56.4 Å². The van der Waals surface area contributed by atoms with E-state index in [9.17, 15) is 14.7 Å². The number of carboxylic acids is 1. The molecule has 0 radical (unpaired) electrons. The molecule has 1 saturated heterocycles. The minimum absolute atomic E-state index is 0.0873. The Morgan fingerprint density at radius 1 is 1.40 bits per heavy atom. The average Bonchev–Trinajstić information content (AvgIpc) is 3.03. The van der Waals surface area contributed by atoms with E-state index in [0.717, 1.165) is 16.7 Å². The Kier molecular flexibility index (Phi) is 7.24. The lowest BCUT2D eigenvalue weighted by Crippen LogP contribution is -2.26. The van der Waals surface area contributed by atoms with Crippen molar-refractivity contribution in [1.29, 1.82) is 0 Å². The number of rotatable bonds is 7. The number of ether oxygens (including phenoxy) is 1. The predicted octanol–water partition coefficient (Wildman–Crippen LogP) is 3.60. The number of thioether (sulfide) groups is 1. The first-order valence-corrected chi connectivity index (χ1v) is 10.6. The molecule has 0 spiro atoms. The molecule has 156 valence electrons. The van der Waals surface area contributed by atoms with Crippen LogP contribution in [0.3, 0.4) is 0 Å². The first-order valence-electron chi connectivity index (χ1n) is 8.51. The highest BCUT2D eigenvalue weighted by atomic mass is 35.5. The highest BCUT2D eigenvalue weighted by Gasteiger charge is 2.32. The van der Waals surface area contributed by atoms with Crippen molar-refractivity contribution in [2.75, 3.05) is 7.11 Å². The molecule has 30 heavy (non-hydrogen) atoms. The maximum Gasteiger partial charge on any atom is 0.305 e. The minimum atomic E-state index is -1.07. The topological polar surface area (TPSA) is 121 Å². The maximum atomic E-state index is 11.7. The van der Waals surface area contributed by atoms with Crippen molar-refractivity contribution < 1.29 is 24.5 Å².